The maximum absolute atomic E-state index is 5.31. The summed E-state index contributed by atoms with van der Waals surface area (Å²) >= 11 is 0. The minimum Gasteiger partial charge on any atom is -0.405 e. The fourth-order valence-electron chi connectivity index (χ4n) is 1.08. The van der Waals surface area contributed by atoms with Gasteiger partial charge in [0.15, 0.2) is 0 Å². The van der Waals surface area contributed by atoms with Gasteiger partial charge in [-0.2, -0.15) is 4.74 Å². The lowest BCUT2D eigenvalue weighted by atomic mass is 10.8. The Morgan fingerprint density at radius 3 is 0.762 bits per heavy atom. The van der Waals surface area contributed by atoms with Crippen molar-refractivity contribution in [3.05, 3.63) is 77.0 Å². The van der Waals surface area contributed by atoms with Crippen molar-refractivity contribution in [3.8, 4) is 0 Å². The zero-order valence-electron chi connectivity index (χ0n) is 11.6. The number of hydrogen-bond acceptors (Lipinski definition) is 7. The van der Waals surface area contributed by atoms with Crippen molar-refractivity contribution in [1.82, 2.24) is 0 Å². The summed E-state index contributed by atoms with van der Waals surface area (Å²) in [4.78, 5) is 0. The summed E-state index contributed by atoms with van der Waals surface area (Å²) in [5.74, 6) is 0. The molecule has 0 saturated heterocycles. The lowest BCUT2D eigenvalue weighted by molar-refractivity contribution is -0.582. The normalized spacial score (nSPS) is 10.3. The summed E-state index contributed by atoms with van der Waals surface area (Å²) in [7, 11) is 0. The molecule has 0 amide bonds. The van der Waals surface area contributed by atoms with Gasteiger partial charge in [0.05, 0.1) is 37.6 Å². The van der Waals surface area contributed by atoms with Gasteiger partial charge < -0.3 is 28.4 Å². The van der Waals surface area contributed by atoms with Crippen LogP contribution in [0.3, 0.4) is 0 Å². The second kappa shape index (κ2) is 9.16. The van der Waals surface area contributed by atoms with Crippen LogP contribution in [-0.4, -0.2) is 12.3 Å². The third kappa shape index (κ3) is 5.37. The maximum Gasteiger partial charge on any atom is 0.567 e. The van der Waals surface area contributed by atoms with Gasteiger partial charge in [0.25, 0.3) is 0 Å². The van der Waals surface area contributed by atoms with E-state index in [0.717, 1.165) is 37.6 Å². The van der Waals surface area contributed by atoms with Crippen LogP contribution in [-0.2, 0) is 33.2 Å². The van der Waals surface area contributed by atoms with Crippen LogP contribution in [0, 0.1) is 0 Å². The third-order valence-electron chi connectivity index (χ3n) is 1.62. The molecule has 116 valence electrons. The minimum atomic E-state index is -2.24. The van der Waals surface area contributed by atoms with Crippen LogP contribution in [0.25, 0.3) is 0 Å². The van der Waals surface area contributed by atoms with Crippen molar-refractivity contribution >= 4 is 0 Å². The van der Waals surface area contributed by atoms with E-state index in [1.54, 1.807) is 0 Å². The van der Waals surface area contributed by atoms with E-state index in [-0.39, 0.29) is 0 Å². The zero-order chi connectivity index (χ0) is 16.2. The van der Waals surface area contributed by atoms with E-state index in [1.807, 2.05) is 0 Å². The third-order valence-corrected chi connectivity index (χ3v) is 1.62. The Morgan fingerprint density at radius 1 is 0.429 bits per heavy atom. The minimum absolute atomic E-state index is 0.980. The standard InChI is InChI=1S/C14H18O7/c1-7-15-13(16-8-2,17-9-3)21-14(18-10-4,19-11-5)20-12-6/h7-12H,1-6H2. The first-order valence-corrected chi connectivity index (χ1v) is 5.50. The fraction of sp³-hybridized carbons (Fsp3) is 0.143. The zero-order valence-corrected chi connectivity index (χ0v) is 11.6. The second-order valence-corrected chi connectivity index (χ2v) is 2.81. The average molecular weight is 298 g/mol. The van der Waals surface area contributed by atoms with E-state index in [0.29, 0.717) is 0 Å². The summed E-state index contributed by atoms with van der Waals surface area (Å²) in [5, 5.41) is 0. The van der Waals surface area contributed by atoms with Crippen molar-refractivity contribution in [2.75, 3.05) is 0 Å². The van der Waals surface area contributed by atoms with Crippen LogP contribution in [0.2, 0.25) is 0 Å². The van der Waals surface area contributed by atoms with Crippen molar-refractivity contribution in [3.63, 3.8) is 0 Å². The van der Waals surface area contributed by atoms with E-state index >= 15 is 0 Å². The smallest absolute Gasteiger partial charge is 0.405 e. The van der Waals surface area contributed by atoms with E-state index < -0.39 is 12.3 Å². The van der Waals surface area contributed by atoms with Gasteiger partial charge in [-0.25, -0.2) is 0 Å². The number of rotatable bonds is 14. The highest BCUT2D eigenvalue weighted by atomic mass is 17.1. The lowest BCUT2D eigenvalue weighted by Gasteiger charge is -2.35. The summed E-state index contributed by atoms with van der Waals surface area (Å²) in [6.45, 7) is 20.2. The molecule has 0 N–H and O–H groups in total. The SMILES string of the molecule is C=COC(OC=C)(OC=C)OC(OC=C)(OC=C)OC=C. The molecule has 7 heteroatoms. The molecule has 0 saturated carbocycles. The van der Waals surface area contributed by atoms with E-state index in [4.69, 9.17) is 33.2 Å². The molecule has 0 unspecified atom stereocenters. The number of hydrogen-bond donors (Lipinski definition) is 0. The first-order chi connectivity index (χ1) is 10.1. The molecule has 0 heterocycles. The Balaban J connectivity index is 5.60. The maximum atomic E-state index is 5.31. The van der Waals surface area contributed by atoms with E-state index in [2.05, 4.69) is 39.5 Å². The lowest BCUT2D eigenvalue weighted by Crippen LogP contribution is -2.50. The molecule has 0 aliphatic heterocycles. The molecule has 0 spiro atoms. The van der Waals surface area contributed by atoms with Crippen LogP contribution in [0.15, 0.2) is 77.0 Å². The second-order valence-electron chi connectivity index (χ2n) is 2.81. The molecular weight excluding hydrogens is 280 g/mol. The predicted molar refractivity (Wildman–Crippen MR) is 74.2 cm³/mol. The first kappa shape index (κ1) is 18.2. The monoisotopic (exact) mass is 298 g/mol. The van der Waals surface area contributed by atoms with Crippen LogP contribution in [0.5, 0.6) is 0 Å². The van der Waals surface area contributed by atoms with Gasteiger partial charge in [0.1, 0.15) is 0 Å². The summed E-state index contributed by atoms with van der Waals surface area (Å²) < 4.78 is 35.4. The average Bonchev–Trinajstić information content (AvgIpc) is 2.40. The Kier molecular flexibility index (Phi) is 7.94. The number of ether oxygens (including phenoxy) is 7. The predicted octanol–water partition coefficient (Wildman–Crippen LogP) is 3.19. The van der Waals surface area contributed by atoms with Crippen LogP contribution in [0.1, 0.15) is 0 Å². The van der Waals surface area contributed by atoms with Gasteiger partial charge in [0.2, 0.25) is 0 Å². The molecule has 0 bridgehead atoms. The molecule has 0 aromatic carbocycles. The van der Waals surface area contributed by atoms with Gasteiger partial charge in [-0.05, 0) is 0 Å². The molecule has 0 aromatic heterocycles. The summed E-state index contributed by atoms with van der Waals surface area (Å²) in [6, 6.07) is 0. The highest BCUT2D eigenvalue weighted by molar-refractivity contribution is 4.68. The molecule has 0 radical (unpaired) electrons. The van der Waals surface area contributed by atoms with Gasteiger partial charge in [-0.3, -0.25) is 0 Å². The Labute approximate surface area is 123 Å². The summed E-state index contributed by atoms with van der Waals surface area (Å²) in [6.07, 6.45) is 1.41. The van der Waals surface area contributed by atoms with Gasteiger partial charge in [-0.15, -0.1) is 0 Å². The topological polar surface area (TPSA) is 64.6 Å². The molecular formula is C14H18O7. The van der Waals surface area contributed by atoms with Crippen molar-refractivity contribution < 1.29 is 33.2 Å². The molecule has 0 fully saturated rings. The highest BCUT2D eigenvalue weighted by Crippen LogP contribution is 2.30. The largest absolute Gasteiger partial charge is 0.567 e. The molecule has 21 heavy (non-hydrogen) atoms. The van der Waals surface area contributed by atoms with Crippen molar-refractivity contribution in [2.45, 2.75) is 12.3 Å². The Hall–Kier alpha value is -2.80. The van der Waals surface area contributed by atoms with Gasteiger partial charge in [0, 0.05) is 0 Å². The molecule has 7 nitrogen and oxygen atoms in total. The highest BCUT2D eigenvalue weighted by Gasteiger charge is 2.53. The Morgan fingerprint density at radius 2 is 0.619 bits per heavy atom. The molecule has 0 aliphatic rings. The molecule has 0 aliphatic carbocycles. The molecule has 0 atom stereocenters. The van der Waals surface area contributed by atoms with Gasteiger partial charge >= 0.3 is 12.3 Å². The first-order valence-electron chi connectivity index (χ1n) is 5.50. The van der Waals surface area contributed by atoms with Crippen LogP contribution in [0.4, 0.5) is 0 Å². The molecule has 0 rings (SSSR count). The van der Waals surface area contributed by atoms with Crippen molar-refractivity contribution in [2.24, 2.45) is 0 Å². The van der Waals surface area contributed by atoms with E-state index in [1.165, 1.54) is 0 Å². The van der Waals surface area contributed by atoms with Crippen LogP contribution >= 0.6 is 0 Å². The quantitative estimate of drug-likeness (QED) is 0.360. The van der Waals surface area contributed by atoms with Gasteiger partial charge in [-0.1, -0.05) is 39.5 Å². The van der Waals surface area contributed by atoms with Crippen molar-refractivity contribution in [1.29, 1.82) is 0 Å². The van der Waals surface area contributed by atoms with E-state index in [9.17, 15) is 0 Å². The summed E-state index contributed by atoms with van der Waals surface area (Å²) in [5.41, 5.74) is 0. The van der Waals surface area contributed by atoms with Crippen LogP contribution < -0.4 is 0 Å². The molecule has 0 aromatic rings. The Bertz CT molecular complexity index is 300. The fourth-order valence-corrected chi connectivity index (χ4v) is 1.08.